The highest BCUT2D eigenvalue weighted by Gasteiger charge is 2.15. The average Bonchev–Trinajstić information content (AvgIpc) is 2.32. The second-order valence-electron chi connectivity index (χ2n) is 4.03. The van der Waals surface area contributed by atoms with Crippen LogP contribution in [0, 0.1) is 13.8 Å². The Morgan fingerprint density at radius 1 is 1.24 bits per heavy atom. The van der Waals surface area contributed by atoms with Crippen molar-refractivity contribution in [2.24, 2.45) is 0 Å². The van der Waals surface area contributed by atoms with Crippen molar-refractivity contribution >= 4 is 5.78 Å². The van der Waals surface area contributed by atoms with Gasteiger partial charge in [-0.15, -0.1) is 0 Å². The molecule has 3 heteroatoms. The molecule has 2 aromatic heterocycles. The van der Waals surface area contributed by atoms with E-state index in [-0.39, 0.29) is 5.78 Å². The smallest absolute Gasteiger partial charge is 0.229 e. The first kappa shape index (κ1) is 11.5. The SMILES string of the molecule is Cc1ncccc1C(=O)C[n+]1ccccc1C. The first-order valence-corrected chi connectivity index (χ1v) is 5.58. The molecule has 0 fully saturated rings. The zero-order valence-electron chi connectivity index (χ0n) is 10.1. The zero-order valence-corrected chi connectivity index (χ0v) is 10.1. The van der Waals surface area contributed by atoms with Crippen molar-refractivity contribution in [3.8, 4) is 0 Å². The maximum Gasteiger partial charge on any atom is 0.229 e. The number of Topliss-reactive ketones (excluding diaryl/α,β-unsaturated/α-hetero) is 1. The molecular formula is C14H15N2O+. The first-order valence-electron chi connectivity index (χ1n) is 5.58. The Morgan fingerprint density at radius 3 is 2.76 bits per heavy atom. The van der Waals surface area contributed by atoms with Gasteiger partial charge in [-0.1, -0.05) is 6.07 Å². The van der Waals surface area contributed by atoms with E-state index in [1.165, 1.54) is 0 Å². The Labute approximate surface area is 101 Å². The molecule has 0 amide bonds. The normalized spacial score (nSPS) is 10.2. The highest BCUT2D eigenvalue weighted by molar-refractivity contribution is 5.95. The number of pyridine rings is 2. The second kappa shape index (κ2) is 4.87. The minimum Gasteiger partial charge on any atom is -0.287 e. The third-order valence-electron chi connectivity index (χ3n) is 2.79. The van der Waals surface area contributed by atoms with Crippen LogP contribution in [-0.4, -0.2) is 10.8 Å². The zero-order chi connectivity index (χ0) is 12.3. The number of carbonyl (C=O) groups excluding carboxylic acids is 1. The van der Waals surface area contributed by atoms with Gasteiger partial charge in [-0.25, -0.2) is 0 Å². The minimum atomic E-state index is 0.0925. The summed E-state index contributed by atoms with van der Waals surface area (Å²) in [6.07, 6.45) is 3.62. The van der Waals surface area contributed by atoms with Crippen molar-refractivity contribution in [1.29, 1.82) is 0 Å². The molecule has 2 heterocycles. The molecule has 3 nitrogen and oxygen atoms in total. The van der Waals surface area contributed by atoms with Gasteiger partial charge in [0.15, 0.2) is 11.9 Å². The number of hydrogen-bond donors (Lipinski definition) is 0. The van der Waals surface area contributed by atoms with E-state index < -0.39 is 0 Å². The van der Waals surface area contributed by atoms with Crippen LogP contribution in [0.15, 0.2) is 42.7 Å². The lowest BCUT2D eigenvalue weighted by Crippen LogP contribution is -2.40. The molecule has 0 unspecified atom stereocenters. The molecule has 0 saturated heterocycles. The summed E-state index contributed by atoms with van der Waals surface area (Å²) in [5.74, 6) is 0.0925. The Bertz CT molecular complexity index is 549. The number of aryl methyl sites for hydroxylation is 2. The van der Waals surface area contributed by atoms with Gasteiger partial charge in [0.05, 0.1) is 0 Å². The van der Waals surface area contributed by atoms with E-state index >= 15 is 0 Å². The monoisotopic (exact) mass is 227 g/mol. The minimum absolute atomic E-state index is 0.0925. The van der Waals surface area contributed by atoms with Gasteiger partial charge in [-0.2, -0.15) is 4.57 Å². The van der Waals surface area contributed by atoms with E-state index in [0.717, 1.165) is 11.4 Å². The molecule has 0 N–H and O–H groups in total. The van der Waals surface area contributed by atoms with Crippen LogP contribution in [0.2, 0.25) is 0 Å². The summed E-state index contributed by atoms with van der Waals surface area (Å²) in [6.45, 7) is 4.21. The molecule has 2 aromatic rings. The van der Waals surface area contributed by atoms with Gasteiger partial charge in [-0.05, 0) is 19.1 Å². The molecule has 0 radical (unpaired) electrons. The summed E-state index contributed by atoms with van der Waals surface area (Å²) in [6, 6.07) is 9.50. The molecule has 0 aliphatic carbocycles. The van der Waals surface area contributed by atoms with Gasteiger partial charge >= 0.3 is 0 Å². The van der Waals surface area contributed by atoms with Gasteiger partial charge in [0.1, 0.15) is 0 Å². The summed E-state index contributed by atoms with van der Waals surface area (Å²) in [5.41, 5.74) is 2.55. The highest BCUT2D eigenvalue weighted by Crippen LogP contribution is 2.04. The maximum absolute atomic E-state index is 12.1. The van der Waals surface area contributed by atoms with Crippen LogP contribution in [-0.2, 0) is 6.54 Å². The van der Waals surface area contributed by atoms with Gasteiger partial charge < -0.3 is 0 Å². The molecule has 0 aliphatic heterocycles. The fourth-order valence-electron chi connectivity index (χ4n) is 1.76. The van der Waals surface area contributed by atoms with Crippen molar-refractivity contribution in [1.82, 2.24) is 4.98 Å². The molecule has 0 atom stereocenters. The fourth-order valence-corrected chi connectivity index (χ4v) is 1.76. The van der Waals surface area contributed by atoms with Crippen molar-refractivity contribution in [3.05, 3.63) is 59.7 Å². The molecule has 0 bridgehead atoms. The Balaban J connectivity index is 2.24. The molecular weight excluding hydrogens is 212 g/mol. The van der Waals surface area contributed by atoms with Gasteiger partial charge in [-0.3, -0.25) is 9.78 Å². The highest BCUT2D eigenvalue weighted by atomic mass is 16.1. The summed E-state index contributed by atoms with van der Waals surface area (Å²) < 4.78 is 1.94. The third-order valence-corrected chi connectivity index (χ3v) is 2.79. The van der Waals surface area contributed by atoms with E-state index in [0.29, 0.717) is 12.1 Å². The van der Waals surface area contributed by atoms with Crippen molar-refractivity contribution in [2.75, 3.05) is 0 Å². The fraction of sp³-hybridized carbons (Fsp3) is 0.214. The largest absolute Gasteiger partial charge is 0.287 e. The van der Waals surface area contributed by atoms with Crippen LogP contribution in [0.1, 0.15) is 21.7 Å². The number of carbonyl (C=O) groups is 1. The number of ketones is 1. The van der Waals surface area contributed by atoms with Crippen LogP contribution in [0.4, 0.5) is 0 Å². The number of hydrogen-bond acceptors (Lipinski definition) is 2. The van der Waals surface area contributed by atoms with Crippen LogP contribution >= 0.6 is 0 Å². The van der Waals surface area contributed by atoms with Crippen LogP contribution < -0.4 is 4.57 Å². The van der Waals surface area contributed by atoms with E-state index in [1.54, 1.807) is 12.3 Å². The molecule has 0 aromatic carbocycles. The average molecular weight is 227 g/mol. The van der Waals surface area contributed by atoms with Crippen molar-refractivity contribution in [2.45, 2.75) is 20.4 Å². The Kier molecular flexibility index (Phi) is 3.28. The topological polar surface area (TPSA) is 33.8 Å². The van der Waals surface area contributed by atoms with E-state index in [4.69, 9.17) is 0 Å². The lowest BCUT2D eigenvalue weighted by atomic mass is 10.1. The summed E-state index contributed by atoms with van der Waals surface area (Å²) in [7, 11) is 0. The summed E-state index contributed by atoms with van der Waals surface area (Å²) in [5, 5.41) is 0. The predicted octanol–water partition coefficient (Wildman–Crippen LogP) is 1.87. The van der Waals surface area contributed by atoms with E-state index in [1.807, 2.05) is 48.9 Å². The lowest BCUT2D eigenvalue weighted by molar-refractivity contribution is -0.689. The molecule has 86 valence electrons. The molecule has 0 aliphatic rings. The van der Waals surface area contributed by atoms with Gasteiger partial charge in [0.2, 0.25) is 12.3 Å². The first-order chi connectivity index (χ1) is 8.18. The summed E-state index contributed by atoms with van der Waals surface area (Å²) in [4.78, 5) is 16.3. The Hall–Kier alpha value is -2.03. The van der Waals surface area contributed by atoms with Crippen LogP contribution in [0.5, 0.6) is 0 Å². The number of aromatic nitrogens is 2. The van der Waals surface area contributed by atoms with Crippen LogP contribution in [0.25, 0.3) is 0 Å². The Morgan fingerprint density at radius 2 is 2.06 bits per heavy atom. The standard InChI is InChI=1S/C14H15N2O/c1-11-6-3-4-9-16(11)10-14(17)13-7-5-8-15-12(13)2/h3-9H,10H2,1-2H3/q+1. The van der Waals surface area contributed by atoms with Crippen molar-refractivity contribution in [3.63, 3.8) is 0 Å². The van der Waals surface area contributed by atoms with E-state index in [9.17, 15) is 4.79 Å². The molecule has 0 spiro atoms. The van der Waals surface area contributed by atoms with Gasteiger partial charge in [0, 0.05) is 36.5 Å². The van der Waals surface area contributed by atoms with Gasteiger partial charge in [0.25, 0.3) is 0 Å². The molecule has 2 rings (SSSR count). The number of nitrogens with zero attached hydrogens (tertiary/aromatic N) is 2. The predicted molar refractivity (Wildman–Crippen MR) is 64.7 cm³/mol. The summed E-state index contributed by atoms with van der Waals surface area (Å²) >= 11 is 0. The molecule has 17 heavy (non-hydrogen) atoms. The maximum atomic E-state index is 12.1. The number of rotatable bonds is 3. The third kappa shape index (κ3) is 2.56. The molecule has 0 saturated carbocycles. The van der Waals surface area contributed by atoms with Crippen LogP contribution in [0.3, 0.4) is 0 Å². The quantitative estimate of drug-likeness (QED) is 0.592. The second-order valence-corrected chi connectivity index (χ2v) is 4.03. The lowest BCUT2D eigenvalue weighted by Gasteiger charge is -2.02. The van der Waals surface area contributed by atoms with E-state index in [2.05, 4.69) is 4.98 Å². The van der Waals surface area contributed by atoms with Crippen molar-refractivity contribution < 1.29 is 9.36 Å².